The zero-order valence-electron chi connectivity index (χ0n) is 12.7. The number of carbonyl (C=O) groups excluding carboxylic acids is 1. The van der Waals surface area contributed by atoms with Crippen molar-refractivity contribution in [3.63, 3.8) is 0 Å². The number of hydrogen-bond donors (Lipinski definition) is 1. The molecule has 1 atom stereocenters. The van der Waals surface area contributed by atoms with E-state index in [0.29, 0.717) is 32.8 Å². The van der Waals surface area contributed by atoms with E-state index in [1.165, 1.54) is 0 Å². The molecule has 0 saturated heterocycles. The Kier molecular flexibility index (Phi) is 10.9. The van der Waals surface area contributed by atoms with E-state index in [-0.39, 0.29) is 24.2 Å². The van der Waals surface area contributed by atoms with Crippen LogP contribution in [-0.4, -0.2) is 57.9 Å². The number of hydrogen-bond acceptors (Lipinski definition) is 4. The molecule has 120 valence electrons. The van der Waals surface area contributed by atoms with Gasteiger partial charge in [-0.2, -0.15) is 0 Å². The van der Waals surface area contributed by atoms with Gasteiger partial charge in [-0.25, -0.2) is 0 Å². The number of amides is 1. The van der Waals surface area contributed by atoms with Crippen LogP contribution in [0.2, 0.25) is 0 Å². The molecule has 0 heterocycles. The van der Waals surface area contributed by atoms with Gasteiger partial charge in [0, 0.05) is 33.9 Å². The fourth-order valence-electron chi connectivity index (χ4n) is 2.02. The van der Waals surface area contributed by atoms with Gasteiger partial charge in [0.1, 0.15) is 0 Å². The lowest BCUT2D eigenvalue weighted by Gasteiger charge is -2.26. The lowest BCUT2D eigenvalue weighted by atomic mass is 9.97. The molecule has 1 unspecified atom stereocenters. The highest BCUT2D eigenvalue weighted by molar-refractivity contribution is 5.85. The van der Waals surface area contributed by atoms with Crippen molar-refractivity contribution in [3.05, 3.63) is 35.9 Å². The van der Waals surface area contributed by atoms with Gasteiger partial charge in [0.25, 0.3) is 0 Å². The highest BCUT2D eigenvalue weighted by Gasteiger charge is 2.24. The van der Waals surface area contributed by atoms with Gasteiger partial charge in [0.15, 0.2) is 0 Å². The van der Waals surface area contributed by atoms with Crippen molar-refractivity contribution in [2.24, 2.45) is 5.73 Å². The van der Waals surface area contributed by atoms with Crippen LogP contribution in [-0.2, 0) is 14.3 Å². The minimum absolute atomic E-state index is 0. The summed E-state index contributed by atoms with van der Waals surface area (Å²) in [5, 5.41) is 0. The summed E-state index contributed by atoms with van der Waals surface area (Å²) in [6.07, 6.45) is 0. The van der Waals surface area contributed by atoms with Crippen LogP contribution in [0.25, 0.3) is 0 Å². The Labute approximate surface area is 132 Å². The second kappa shape index (κ2) is 11.5. The molecule has 0 aromatic heterocycles. The van der Waals surface area contributed by atoms with Crippen LogP contribution in [0, 0.1) is 0 Å². The molecule has 5 nitrogen and oxygen atoms in total. The van der Waals surface area contributed by atoms with E-state index in [1.54, 1.807) is 19.1 Å². The highest BCUT2D eigenvalue weighted by Crippen LogP contribution is 2.17. The van der Waals surface area contributed by atoms with E-state index < -0.39 is 0 Å². The number of halogens is 1. The molecular weight excluding hydrogens is 292 g/mol. The van der Waals surface area contributed by atoms with Crippen LogP contribution in [0.15, 0.2) is 30.3 Å². The summed E-state index contributed by atoms with van der Waals surface area (Å²) in [4.78, 5) is 14.4. The summed E-state index contributed by atoms with van der Waals surface area (Å²) >= 11 is 0. The summed E-state index contributed by atoms with van der Waals surface area (Å²) in [6.45, 7) is 2.38. The van der Waals surface area contributed by atoms with Crippen molar-refractivity contribution < 1.29 is 14.3 Å². The molecule has 0 aliphatic rings. The van der Waals surface area contributed by atoms with Crippen molar-refractivity contribution in [1.82, 2.24) is 4.90 Å². The zero-order valence-corrected chi connectivity index (χ0v) is 13.5. The first-order valence-electron chi connectivity index (χ1n) is 6.76. The zero-order chi connectivity index (χ0) is 14.8. The molecule has 0 fully saturated rings. The molecule has 0 saturated carbocycles. The number of nitrogens with zero attached hydrogens (tertiary/aromatic N) is 1. The summed E-state index contributed by atoms with van der Waals surface area (Å²) in [5.74, 6) is -0.294. The third-order valence-corrected chi connectivity index (χ3v) is 3.18. The lowest BCUT2D eigenvalue weighted by molar-refractivity contribution is -0.133. The van der Waals surface area contributed by atoms with Gasteiger partial charge in [0.05, 0.1) is 19.1 Å². The van der Waals surface area contributed by atoms with E-state index in [2.05, 4.69) is 0 Å². The smallest absolute Gasteiger partial charge is 0.231 e. The summed E-state index contributed by atoms with van der Waals surface area (Å²) in [6, 6.07) is 9.62. The van der Waals surface area contributed by atoms with Crippen LogP contribution in [0.5, 0.6) is 0 Å². The van der Waals surface area contributed by atoms with Gasteiger partial charge >= 0.3 is 0 Å². The molecule has 0 aliphatic heterocycles. The van der Waals surface area contributed by atoms with Gasteiger partial charge in [0.2, 0.25) is 5.91 Å². The molecule has 0 radical (unpaired) electrons. The predicted molar refractivity (Wildman–Crippen MR) is 85.8 cm³/mol. The molecule has 1 aromatic carbocycles. The molecule has 0 bridgehead atoms. The molecule has 0 spiro atoms. The van der Waals surface area contributed by atoms with Crippen molar-refractivity contribution in [3.8, 4) is 0 Å². The molecule has 1 aromatic rings. The Morgan fingerprint density at radius 3 is 2.10 bits per heavy atom. The minimum Gasteiger partial charge on any atom is -0.383 e. The molecule has 0 aliphatic carbocycles. The van der Waals surface area contributed by atoms with Crippen LogP contribution in [0.3, 0.4) is 0 Å². The summed E-state index contributed by atoms with van der Waals surface area (Å²) in [5.41, 5.74) is 6.74. The Balaban J connectivity index is 0.00000400. The van der Waals surface area contributed by atoms with Crippen LogP contribution in [0.4, 0.5) is 0 Å². The lowest BCUT2D eigenvalue weighted by Crippen LogP contribution is -2.41. The second-order valence-electron chi connectivity index (χ2n) is 4.51. The number of nitrogens with two attached hydrogens (primary N) is 1. The largest absolute Gasteiger partial charge is 0.383 e. The maximum atomic E-state index is 12.6. The average Bonchev–Trinajstić information content (AvgIpc) is 2.49. The number of ether oxygens (including phenoxy) is 2. The van der Waals surface area contributed by atoms with Crippen molar-refractivity contribution in [2.75, 3.05) is 47.1 Å². The van der Waals surface area contributed by atoms with E-state index in [0.717, 1.165) is 5.56 Å². The molecule has 2 N–H and O–H groups in total. The van der Waals surface area contributed by atoms with E-state index in [4.69, 9.17) is 15.2 Å². The first-order valence-corrected chi connectivity index (χ1v) is 6.76. The Bertz CT molecular complexity index is 382. The number of rotatable bonds is 9. The van der Waals surface area contributed by atoms with Crippen LogP contribution in [0.1, 0.15) is 11.5 Å². The molecule has 1 amide bonds. The second-order valence-corrected chi connectivity index (χ2v) is 4.51. The monoisotopic (exact) mass is 316 g/mol. The molecular formula is C15H25ClN2O3. The van der Waals surface area contributed by atoms with Gasteiger partial charge in [-0.3, -0.25) is 4.79 Å². The van der Waals surface area contributed by atoms with Crippen LogP contribution < -0.4 is 5.73 Å². The highest BCUT2D eigenvalue weighted by atomic mass is 35.5. The standard InChI is InChI=1S/C15H24N2O3.ClH/c1-19-10-8-17(9-11-20-2)15(18)14(12-16)13-6-4-3-5-7-13;/h3-7,14H,8-12,16H2,1-2H3;1H. The van der Waals surface area contributed by atoms with E-state index in [1.807, 2.05) is 30.3 Å². The van der Waals surface area contributed by atoms with Crippen molar-refractivity contribution in [1.29, 1.82) is 0 Å². The van der Waals surface area contributed by atoms with Gasteiger partial charge in [-0.1, -0.05) is 30.3 Å². The first-order chi connectivity index (χ1) is 9.74. The number of carbonyl (C=O) groups is 1. The SMILES string of the molecule is COCCN(CCOC)C(=O)C(CN)c1ccccc1.Cl. The van der Waals surface area contributed by atoms with E-state index >= 15 is 0 Å². The van der Waals surface area contributed by atoms with Crippen molar-refractivity contribution in [2.45, 2.75) is 5.92 Å². The summed E-state index contributed by atoms with van der Waals surface area (Å²) < 4.78 is 10.1. The Morgan fingerprint density at radius 2 is 1.67 bits per heavy atom. The maximum absolute atomic E-state index is 12.6. The minimum atomic E-state index is -0.315. The normalized spacial score (nSPS) is 11.6. The third kappa shape index (κ3) is 6.44. The quantitative estimate of drug-likeness (QED) is 0.745. The molecule has 6 heteroatoms. The summed E-state index contributed by atoms with van der Waals surface area (Å²) in [7, 11) is 3.24. The fourth-order valence-corrected chi connectivity index (χ4v) is 2.02. The van der Waals surface area contributed by atoms with Gasteiger partial charge in [-0.15, -0.1) is 12.4 Å². The Hall–Kier alpha value is -1.14. The topological polar surface area (TPSA) is 64.8 Å². The maximum Gasteiger partial charge on any atom is 0.231 e. The average molecular weight is 317 g/mol. The third-order valence-electron chi connectivity index (χ3n) is 3.18. The molecule has 21 heavy (non-hydrogen) atoms. The van der Waals surface area contributed by atoms with Gasteiger partial charge < -0.3 is 20.1 Å². The predicted octanol–water partition coefficient (Wildman–Crippen LogP) is 1.27. The first kappa shape index (κ1) is 19.9. The van der Waals surface area contributed by atoms with Crippen LogP contribution >= 0.6 is 12.4 Å². The van der Waals surface area contributed by atoms with E-state index in [9.17, 15) is 4.79 Å². The number of methoxy groups -OCH3 is 2. The molecule has 1 rings (SSSR count). The fraction of sp³-hybridized carbons (Fsp3) is 0.533. The Morgan fingerprint density at radius 1 is 1.14 bits per heavy atom. The van der Waals surface area contributed by atoms with Gasteiger partial charge in [-0.05, 0) is 5.56 Å². The number of benzene rings is 1. The van der Waals surface area contributed by atoms with Crippen molar-refractivity contribution >= 4 is 18.3 Å².